The molecule has 0 bridgehead atoms. The second-order valence-electron chi connectivity index (χ2n) is 8.00. The summed E-state index contributed by atoms with van der Waals surface area (Å²) in [6, 6.07) is 11.2. The number of carbonyl (C=O) groups excluding carboxylic acids is 1. The minimum Gasteiger partial charge on any atom is -0.494 e. The van der Waals surface area contributed by atoms with Gasteiger partial charge in [-0.05, 0) is 74.4 Å². The number of nitrogens with zero attached hydrogens (tertiary/aromatic N) is 1. The number of aromatic nitrogens is 1. The van der Waals surface area contributed by atoms with E-state index < -0.39 is 21.5 Å². The predicted octanol–water partition coefficient (Wildman–Crippen LogP) is 3.60. The van der Waals surface area contributed by atoms with Crippen molar-refractivity contribution in [3.63, 3.8) is 0 Å². The van der Waals surface area contributed by atoms with Gasteiger partial charge in [-0.1, -0.05) is 19.4 Å². The van der Waals surface area contributed by atoms with Crippen LogP contribution in [-0.2, 0) is 33.2 Å². The number of carbonyl (C=O) groups is 1. The zero-order valence-electron chi connectivity index (χ0n) is 18.5. The average Bonchev–Trinajstić information content (AvgIpc) is 2.86. The van der Waals surface area contributed by atoms with E-state index in [2.05, 4.69) is 24.0 Å². The van der Waals surface area contributed by atoms with Gasteiger partial charge >= 0.3 is 0 Å². The molecule has 1 aromatic heterocycles. The molecule has 0 aliphatic carbocycles. The fraction of sp³-hybridized carbons (Fsp3) is 0.500. The Morgan fingerprint density at radius 1 is 1.16 bits per heavy atom. The van der Waals surface area contributed by atoms with Crippen molar-refractivity contribution in [2.75, 3.05) is 19.8 Å². The topological polar surface area (TPSA) is 97.8 Å². The lowest BCUT2D eigenvalue weighted by Gasteiger charge is -2.33. The van der Waals surface area contributed by atoms with Crippen LogP contribution in [-0.4, -0.2) is 44.9 Å². The third-order valence-corrected chi connectivity index (χ3v) is 7.76. The number of unbranched alkanes of at least 4 members (excludes halogenated alkanes) is 1. The molecule has 1 aliphatic rings. The highest BCUT2D eigenvalue weighted by Crippen LogP contribution is 2.32. The molecule has 7 nitrogen and oxygen atoms in total. The minimum atomic E-state index is -1.62. The summed E-state index contributed by atoms with van der Waals surface area (Å²) in [5.74, 6) is 0.0544. The number of amides is 1. The summed E-state index contributed by atoms with van der Waals surface area (Å²) in [6.07, 6.45) is 7.65. The lowest BCUT2D eigenvalue weighted by atomic mass is 9.98. The number of ether oxygens (including phenoxy) is 2. The van der Waals surface area contributed by atoms with Crippen LogP contribution in [0.1, 0.15) is 50.3 Å². The Hall–Kier alpha value is -2.29. The lowest BCUT2D eigenvalue weighted by Crippen LogP contribution is -2.52. The summed E-state index contributed by atoms with van der Waals surface area (Å²) in [5, 5.41) is 9.14. The van der Waals surface area contributed by atoms with Gasteiger partial charge in [0.2, 0.25) is 0 Å². The Balaban J connectivity index is 1.50. The maximum Gasteiger partial charge on any atom is 0.262 e. The molecular formula is C24H32N2O5S. The van der Waals surface area contributed by atoms with Crippen LogP contribution in [0.3, 0.4) is 0 Å². The average molecular weight is 461 g/mol. The van der Waals surface area contributed by atoms with E-state index in [1.54, 1.807) is 29.7 Å². The Labute approximate surface area is 192 Å². The third kappa shape index (κ3) is 6.15. The SMILES string of the molecule is CCCCc1ccc(CCCOc2ccc(S(=O)C3(C(=O)NO)CCOCC3)cc2)cn1. The fourth-order valence-corrected chi connectivity index (χ4v) is 5.35. The number of rotatable bonds is 11. The second-order valence-corrected chi connectivity index (χ2v) is 9.79. The van der Waals surface area contributed by atoms with Crippen LogP contribution < -0.4 is 10.2 Å². The van der Waals surface area contributed by atoms with Crippen molar-refractivity contribution in [1.82, 2.24) is 10.5 Å². The predicted molar refractivity (Wildman–Crippen MR) is 122 cm³/mol. The van der Waals surface area contributed by atoms with Crippen molar-refractivity contribution in [3.8, 4) is 5.75 Å². The number of benzene rings is 1. The highest BCUT2D eigenvalue weighted by Gasteiger charge is 2.46. The Kier molecular flexibility index (Phi) is 9.20. The number of hydrogen-bond acceptors (Lipinski definition) is 6. The van der Waals surface area contributed by atoms with E-state index in [1.165, 1.54) is 12.0 Å². The van der Waals surface area contributed by atoms with Gasteiger partial charge < -0.3 is 9.47 Å². The molecule has 2 N–H and O–H groups in total. The monoisotopic (exact) mass is 460 g/mol. The summed E-state index contributed by atoms with van der Waals surface area (Å²) in [6.45, 7) is 3.41. The first-order valence-corrected chi connectivity index (χ1v) is 12.3. The number of pyridine rings is 1. The minimum absolute atomic E-state index is 0.290. The van der Waals surface area contributed by atoms with E-state index in [-0.39, 0.29) is 0 Å². The first kappa shape index (κ1) is 24.4. The standard InChI is InChI=1S/C24H32N2O5S/c1-2-3-6-20-8-7-19(18-25-20)5-4-15-31-21-9-11-22(12-10-21)32(29)24(23(27)26-28)13-16-30-17-14-24/h7-12,18,28H,2-6,13-17H2,1H3,(H,26,27). The van der Waals surface area contributed by atoms with Gasteiger partial charge in [0.1, 0.15) is 10.5 Å². The molecule has 1 aliphatic heterocycles. The highest BCUT2D eigenvalue weighted by molar-refractivity contribution is 7.87. The zero-order chi connectivity index (χ0) is 22.8. The molecule has 0 saturated carbocycles. The number of nitrogens with one attached hydrogen (secondary N) is 1. The van der Waals surface area contributed by atoms with E-state index in [9.17, 15) is 9.00 Å². The number of hydroxylamine groups is 1. The van der Waals surface area contributed by atoms with Crippen molar-refractivity contribution in [2.24, 2.45) is 0 Å². The quantitative estimate of drug-likeness (QED) is 0.302. The molecule has 1 amide bonds. The molecule has 8 heteroatoms. The Bertz CT molecular complexity index is 880. The van der Waals surface area contributed by atoms with Crippen LogP contribution in [0.5, 0.6) is 5.75 Å². The first-order chi connectivity index (χ1) is 15.6. The first-order valence-electron chi connectivity index (χ1n) is 11.2. The van der Waals surface area contributed by atoms with E-state index in [1.807, 2.05) is 6.20 Å². The number of hydrogen-bond donors (Lipinski definition) is 2. The van der Waals surface area contributed by atoms with Crippen LogP contribution in [0.4, 0.5) is 0 Å². The molecule has 2 heterocycles. The van der Waals surface area contributed by atoms with Crippen molar-refractivity contribution in [3.05, 3.63) is 53.9 Å². The van der Waals surface area contributed by atoms with Gasteiger partial charge in [0.25, 0.3) is 5.91 Å². The van der Waals surface area contributed by atoms with Crippen LogP contribution in [0.25, 0.3) is 0 Å². The summed E-state index contributed by atoms with van der Waals surface area (Å²) >= 11 is 0. The van der Waals surface area contributed by atoms with Gasteiger partial charge in [-0.25, -0.2) is 5.48 Å². The maximum atomic E-state index is 13.2. The van der Waals surface area contributed by atoms with Gasteiger partial charge in [0.05, 0.1) is 17.4 Å². The van der Waals surface area contributed by atoms with Gasteiger partial charge in [-0.3, -0.25) is 19.2 Å². The smallest absolute Gasteiger partial charge is 0.262 e. The molecule has 1 aromatic carbocycles. The largest absolute Gasteiger partial charge is 0.494 e. The Morgan fingerprint density at radius 3 is 2.53 bits per heavy atom. The molecule has 1 unspecified atom stereocenters. The van der Waals surface area contributed by atoms with Crippen LogP contribution in [0.15, 0.2) is 47.5 Å². The normalized spacial score (nSPS) is 16.3. The third-order valence-electron chi connectivity index (χ3n) is 5.76. The molecule has 174 valence electrons. The molecular weight excluding hydrogens is 428 g/mol. The maximum absolute atomic E-state index is 13.2. The number of aryl methyl sites for hydroxylation is 2. The van der Waals surface area contributed by atoms with Crippen molar-refractivity contribution < 1.29 is 23.7 Å². The Morgan fingerprint density at radius 2 is 1.91 bits per heavy atom. The molecule has 0 spiro atoms. The second kappa shape index (κ2) is 12.1. The van der Waals surface area contributed by atoms with Crippen molar-refractivity contribution in [2.45, 2.75) is 61.5 Å². The van der Waals surface area contributed by atoms with Crippen LogP contribution in [0.2, 0.25) is 0 Å². The van der Waals surface area contributed by atoms with Crippen molar-refractivity contribution >= 4 is 16.7 Å². The summed E-state index contributed by atoms with van der Waals surface area (Å²) < 4.78 is 23.1. The van der Waals surface area contributed by atoms with Crippen molar-refractivity contribution in [1.29, 1.82) is 0 Å². The molecule has 1 fully saturated rings. The zero-order valence-corrected chi connectivity index (χ0v) is 19.4. The molecule has 0 radical (unpaired) electrons. The van der Waals surface area contributed by atoms with Gasteiger partial charge in [0.15, 0.2) is 0 Å². The fourth-order valence-electron chi connectivity index (χ4n) is 3.76. The van der Waals surface area contributed by atoms with Gasteiger partial charge in [0, 0.05) is 30.0 Å². The highest BCUT2D eigenvalue weighted by atomic mass is 32.2. The molecule has 3 rings (SSSR count). The van der Waals surface area contributed by atoms with E-state index in [4.69, 9.17) is 14.7 Å². The molecule has 1 saturated heterocycles. The molecule has 32 heavy (non-hydrogen) atoms. The van der Waals surface area contributed by atoms with E-state index >= 15 is 0 Å². The van der Waals surface area contributed by atoms with Crippen LogP contribution >= 0.6 is 0 Å². The van der Waals surface area contributed by atoms with E-state index in [0.29, 0.717) is 43.3 Å². The molecule has 1 atom stereocenters. The van der Waals surface area contributed by atoms with Gasteiger partial charge in [-0.15, -0.1) is 0 Å². The van der Waals surface area contributed by atoms with Crippen LogP contribution in [0, 0.1) is 0 Å². The molecule has 2 aromatic rings. The summed E-state index contributed by atoms with van der Waals surface area (Å²) in [7, 11) is -1.62. The summed E-state index contributed by atoms with van der Waals surface area (Å²) in [4.78, 5) is 17.3. The summed E-state index contributed by atoms with van der Waals surface area (Å²) in [5.41, 5.74) is 4.02. The lowest BCUT2D eigenvalue weighted by molar-refractivity contribution is -0.134. The van der Waals surface area contributed by atoms with Gasteiger partial charge in [-0.2, -0.15) is 0 Å². The van der Waals surface area contributed by atoms with E-state index in [0.717, 1.165) is 31.4 Å².